The number of sulfonamides is 1. The molecule has 2 heterocycles. The summed E-state index contributed by atoms with van der Waals surface area (Å²) in [6.07, 6.45) is -10.9. The lowest BCUT2D eigenvalue weighted by molar-refractivity contribution is -0.143. The molecule has 1 fully saturated rings. The highest BCUT2D eigenvalue weighted by molar-refractivity contribution is 8.23. The summed E-state index contributed by atoms with van der Waals surface area (Å²) in [7, 11) is -8.47. The van der Waals surface area contributed by atoms with E-state index in [0.717, 1.165) is 0 Å². The predicted molar refractivity (Wildman–Crippen MR) is 149 cm³/mol. The highest BCUT2D eigenvalue weighted by Gasteiger charge is 2.40. The fourth-order valence-corrected chi connectivity index (χ4v) is 7.60. The third kappa shape index (κ3) is 6.82. The second-order valence-corrected chi connectivity index (χ2v) is 14.1. The van der Waals surface area contributed by atoms with Gasteiger partial charge >= 0.3 is 12.4 Å². The molecule has 9 nitrogen and oxygen atoms in total. The van der Waals surface area contributed by atoms with E-state index in [1.54, 1.807) is 0 Å². The number of benzene rings is 3. The molecular weight excluding hydrogens is 662 g/mol. The van der Waals surface area contributed by atoms with Crippen LogP contribution in [-0.4, -0.2) is 33.4 Å². The number of nitrogens with zero attached hydrogens (tertiary/aromatic N) is 1. The number of alkyl halides is 6. The Bertz CT molecular complexity index is 1810. The van der Waals surface area contributed by atoms with Crippen LogP contribution in [0.1, 0.15) is 45.8 Å². The number of rotatable bonds is 7. The summed E-state index contributed by atoms with van der Waals surface area (Å²) in [5, 5.41) is -0.614. The first-order valence-corrected chi connectivity index (χ1v) is 15.9. The largest absolute Gasteiger partial charge is 0.416 e. The molecule has 1 aliphatic rings. The van der Waals surface area contributed by atoms with Crippen molar-refractivity contribution in [3.63, 3.8) is 0 Å². The normalized spacial score (nSPS) is 18.8. The van der Waals surface area contributed by atoms with Crippen molar-refractivity contribution >= 4 is 49.3 Å². The minimum absolute atomic E-state index is 0.0160. The number of aromatic amines is 1. The number of aromatic nitrogens is 2. The van der Waals surface area contributed by atoms with Gasteiger partial charge in [0.15, 0.2) is 0 Å². The van der Waals surface area contributed by atoms with Crippen LogP contribution in [0.3, 0.4) is 0 Å². The molecule has 4 aromatic rings. The van der Waals surface area contributed by atoms with Crippen molar-refractivity contribution in [1.82, 2.24) is 19.4 Å². The van der Waals surface area contributed by atoms with Gasteiger partial charge in [0.05, 0.1) is 39.5 Å². The summed E-state index contributed by atoms with van der Waals surface area (Å²) in [4.78, 5) is 17.7. The number of hydrogen-bond acceptors (Lipinski definition) is 6. The Morgan fingerprint density at radius 1 is 0.977 bits per heavy atom. The SMILES string of the molecule is O=C1CC(c2ccc(C[C@H](NS(=O)(=O)c3cc(C(F)(F)F)cc(C(F)(F)F)c3)c3nc4ccc(Cl)cc4[nH]3)cc2)S(O)(O)N1. The van der Waals surface area contributed by atoms with E-state index in [-0.39, 0.29) is 36.9 Å². The van der Waals surface area contributed by atoms with E-state index in [0.29, 0.717) is 27.2 Å². The highest BCUT2D eigenvalue weighted by Crippen LogP contribution is 2.56. The Morgan fingerprint density at radius 3 is 2.14 bits per heavy atom. The molecule has 0 radical (unpaired) electrons. The van der Waals surface area contributed by atoms with E-state index >= 15 is 0 Å². The van der Waals surface area contributed by atoms with Crippen molar-refractivity contribution in [2.75, 3.05) is 0 Å². The summed E-state index contributed by atoms with van der Waals surface area (Å²) in [6, 6.07) is 9.21. The zero-order chi connectivity index (χ0) is 32.2. The minimum Gasteiger partial charge on any atom is -0.341 e. The number of nitrogens with one attached hydrogen (secondary N) is 3. The molecule has 3 aromatic carbocycles. The van der Waals surface area contributed by atoms with Crippen molar-refractivity contribution in [3.8, 4) is 0 Å². The van der Waals surface area contributed by atoms with Crippen LogP contribution in [0.4, 0.5) is 26.3 Å². The van der Waals surface area contributed by atoms with Gasteiger partial charge in [-0.05, 0) is 53.9 Å². The molecule has 5 rings (SSSR count). The van der Waals surface area contributed by atoms with Crippen LogP contribution < -0.4 is 9.44 Å². The summed E-state index contributed by atoms with van der Waals surface area (Å²) in [5.41, 5.74) is -2.05. The lowest BCUT2D eigenvalue weighted by Crippen LogP contribution is -2.31. The Morgan fingerprint density at radius 2 is 1.59 bits per heavy atom. The molecule has 0 aliphatic carbocycles. The number of amides is 1. The van der Waals surface area contributed by atoms with E-state index < -0.39 is 66.4 Å². The maximum Gasteiger partial charge on any atom is 0.416 e. The van der Waals surface area contributed by atoms with Gasteiger partial charge in [0.25, 0.3) is 0 Å². The molecule has 18 heteroatoms. The number of H-pyrrole nitrogens is 1. The molecule has 5 N–H and O–H groups in total. The summed E-state index contributed by atoms with van der Waals surface area (Å²) in [6.45, 7) is 0. The number of hydrogen-bond donors (Lipinski definition) is 5. The second-order valence-electron chi connectivity index (χ2n) is 9.96. The molecule has 1 saturated heterocycles. The zero-order valence-electron chi connectivity index (χ0n) is 21.9. The molecule has 44 heavy (non-hydrogen) atoms. The van der Waals surface area contributed by atoms with Crippen LogP contribution in [0, 0.1) is 0 Å². The molecule has 1 aromatic heterocycles. The average Bonchev–Trinajstić information content (AvgIpc) is 3.45. The highest BCUT2D eigenvalue weighted by atomic mass is 35.5. The lowest BCUT2D eigenvalue weighted by Gasteiger charge is -2.32. The van der Waals surface area contributed by atoms with Crippen molar-refractivity contribution < 1.29 is 48.7 Å². The standard InChI is InChI=1S/C26H21ClF6N4O5S2/c27-17-5-6-19-20(11-17)35-24(34-19)21(7-13-1-3-14(4-2-13)22-12-23(38)37-44(22,41)42)36-43(39,40)18-9-15(25(28,29)30)8-16(10-18)26(31,32)33/h1-6,8-11,21-22,36,41-42H,7,12H2,(H,34,35)(H,37,38)/t21-,22?/m0/s1. The van der Waals surface area contributed by atoms with Gasteiger partial charge in [0, 0.05) is 5.02 Å². The van der Waals surface area contributed by atoms with Crippen molar-refractivity contribution in [1.29, 1.82) is 0 Å². The van der Waals surface area contributed by atoms with Gasteiger partial charge in [-0.1, -0.05) is 35.9 Å². The van der Waals surface area contributed by atoms with E-state index in [1.807, 2.05) is 0 Å². The van der Waals surface area contributed by atoms with E-state index in [2.05, 4.69) is 19.4 Å². The van der Waals surface area contributed by atoms with Gasteiger partial charge in [-0.3, -0.25) is 18.6 Å². The maximum atomic E-state index is 13.4. The molecule has 236 valence electrons. The topological polar surface area (TPSA) is 144 Å². The Labute approximate surface area is 252 Å². The molecule has 0 bridgehead atoms. The van der Waals surface area contributed by atoms with E-state index in [1.165, 1.54) is 42.5 Å². The van der Waals surface area contributed by atoms with Gasteiger partial charge in [0.1, 0.15) is 11.1 Å². The monoisotopic (exact) mass is 682 g/mol. The molecule has 0 spiro atoms. The zero-order valence-corrected chi connectivity index (χ0v) is 24.3. The first kappa shape index (κ1) is 32.1. The van der Waals surface area contributed by atoms with Crippen molar-refractivity contribution in [2.24, 2.45) is 0 Å². The first-order valence-electron chi connectivity index (χ1n) is 12.5. The molecule has 1 aliphatic heterocycles. The van der Waals surface area contributed by atoms with Gasteiger partial charge < -0.3 is 4.98 Å². The first-order chi connectivity index (χ1) is 20.3. The van der Waals surface area contributed by atoms with Gasteiger partial charge in [-0.25, -0.2) is 18.1 Å². The predicted octanol–water partition coefficient (Wildman–Crippen LogP) is 6.74. The lowest BCUT2D eigenvalue weighted by atomic mass is 10.0. The molecule has 2 atom stereocenters. The molecular formula is C26H21ClF6N4O5S2. The number of carbonyl (C=O) groups excluding carboxylic acids is 1. The number of halogens is 7. The van der Waals surface area contributed by atoms with E-state index in [9.17, 15) is 48.7 Å². The number of imidazole rings is 1. The van der Waals surface area contributed by atoms with Crippen LogP contribution in [0.2, 0.25) is 5.02 Å². The van der Waals surface area contributed by atoms with Crippen molar-refractivity contribution in [3.05, 3.63) is 93.8 Å². The van der Waals surface area contributed by atoms with E-state index in [4.69, 9.17) is 11.6 Å². The van der Waals surface area contributed by atoms with Gasteiger partial charge in [-0.15, -0.1) is 10.8 Å². The fourth-order valence-electron chi connectivity index (χ4n) is 4.67. The van der Waals surface area contributed by atoms with Crippen molar-refractivity contribution in [2.45, 2.75) is 41.4 Å². The third-order valence-electron chi connectivity index (χ3n) is 6.78. The second kappa shape index (κ2) is 11.2. The summed E-state index contributed by atoms with van der Waals surface area (Å²) >= 11 is 6.02. The maximum absolute atomic E-state index is 13.4. The van der Waals surface area contributed by atoms with Crippen LogP contribution in [0.15, 0.2) is 65.6 Å². The van der Waals surface area contributed by atoms with Gasteiger partial charge in [-0.2, -0.15) is 26.3 Å². The fraction of sp³-hybridized carbons (Fsp3) is 0.231. The average molecular weight is 683 g/mol. The Hall–Kier alpha value is -3.35. The van der Waals surface area contributed by atoms with Crippen LogP contribution in [-0.2, 0) is 33.6 Å². The molecule has 0 saturated carbocycles. The third-order valence-corrected chi connectivity index (χ3v) is 10.2. The van der Waals surface area contributed by atoms with Crippen LogP contribution in [0.25, 0.3) is 11.0 Å². The molecule has 1 amide bonds. The molecule has 1 unspecified atom stereocenters. The number of fused-ring (bicyclic) bond motifs is 1. The van der Waals surface area contributed by atoms with Crippen LogP contribution in [0.5, 0.6) is 0 Å². The minimum atomic E-state index is -5.27. The quantitative estimate of drug-likeness (QED) is 0.137. The van der Waals surface area contributed by atoms with Crippen LogP contribution >= 0.6 is 22.4 Å². The van der Waals surface area contributed by atoms with Gasteiger partial charge in [0.2, 0.25) is 15.9 Å². The summed E-state index contributed by atoms with van der Waals surface area (Å²) < 4.78 is 132. The Kier molecular flexibility index (Phi) is 8.18. The Balaban J connectivity index is 1.53. The number of carbonyl (C=O) groups is 1. The summed E-state index contributed by atoms with van der Waals surface area (Å²) in [5.74, 6) is -0.570. The smallest absolute Gasteiger partial charge is 0.341 e.